The number of nitrogens with one attached hydrogen (secondary N) is 2. The number of urea groups is 1. The first kappa shape index (κ1) is 14.2. The Bertz CT molecular complexity index is 767. The summed E-state index contributed by atoms with van der Waals surface area (Å²) in [6.45, 7) is 2.31. The molecule has 0 atom stereocenters. The Morgan fingerprint density at radius 3 is 3.00 bits per heavy atom. The predicted molar refractivity (Wildman–Crippen MR) is 84.1 cm³/mol. The van der Waals surface area contributed by atoms with Gasteiger partial charge in [0.1, 0.15) is 5.01 Å². The van der Waals surface area contributed by atoms with Gasteiger partial charge in [-0.1, -0.05) is 0 Å². The Balaban J connectivity index is 1.67. The van der Waals surface area contributed by atoms with Gasteiger partial charge in [0.2, 0.25) is 0 Å². The molecular formula is C14H14N6OS. The molecule has 2 N–H and O–H groups in total. The normalized spacial score (nSPS) is 10.4. The van der Waals surface area contributed by atoms with E-state index >= 15 is 0 Å². The molecule has 0 saturated carbocycles. The Labute approximate surface area is 131 Å². The summed E-state index contributed by atoms with van der Waals surface area (Å²) in [5.41, 5.74) is 1.54. The molecule has 8 heteroatoms. The molecule has 112 valence electrons. The highest BCUT2D eigenvalue weighted by molar-refractivity contribution is 7.09. The molecular weight excluding hydrogens is 300 g/mol. The average Bonchev–Trinajstić information content (AvgIpc) is 3.17. The predicted octanol–water partition coefficient (Wildman–Crippen LogP) is 2.35. The Morgan fingerprint density at radius 2 is 2.27 bits per heavy atom. The molecule has 0 unspecified atom stereocenters. The fourth-order valence-corrected chi connectivity index (χ4v) is 2.59. The van der Waals surface area contributed by atoms with Crippen LogP contribution in [-0.4, -0.2) is 25.8 Å². The van der Waals surface area contributed by atoms with Gasteiger partial charge in [-0.05, 0) is 25.1 Å². The number of nitrogens with zero attached hydrogens (tertiary/aromatic N) is 4. The summed E-state index contributed by atoms with van der Waals surface area (Å²) in [6.07, 6.45) is 5.07. The lowest BCUT2D eigenvalue weighted by molar-refractivity contribution is 0.251. The number of thiazole rings is 1. The molecule has 2 amide bonds. The summed E-state index contributed by atoms with van der Waals surface area (Å²) >= 11 is 1.52. The SMILES string of the molecule is Cc1csc(CNC(=O)Nc2cccnc2-n2cccn2)n1. The van der Waals surface area contributed by atoms with Gasteiger partial charge in [0, 0.05) is 29.7 Å². The second kappa shape index (κ2) is 6.35. The molecule has 0 aliphatic rings. The summed E-state index contributed by atoms with van der Waals surface area (Å²) < 4.78 is 1.60. The van der Waals surface area contributed by atoms with Crippen LogP contribution in [0.3, 0.4) is 0 Å². The van der Waals surface area contributed by atoms with E-state index in [0.717, 1.165) is 10.7 Å². The van der Waals surface area contributed by atoms with Crippen molar-refractivity contribution in [2.24, 2.45) is 0 Å². The zero-order valence-corrected chi connectivity index (χ0v) is 12.7. The lowest BCUT2D eigenvalue weighted by Crippen LogP contribution is -2.28. The van der Waals surface area contributed by atoms with Crippen molar-refractivity contribution >= 4 is 23.1 Å². The first-order chi connectivity index (χ1) is 10.7. The maximum absolute atomic E-state index is 12.0. The zero-order valence-electron chi connectivity index (χ0n) is 11.9. The molecule has 3 aromatic heterocycles. The van der Waals surface area contributed by atoms with E-state index < -0.39 is 0 Å². The van der Waals surface area contributed by atoms with Crippen LogP contribution in [0, 0.1) is 6.92 Å². The summed E-state index contributed by atoms with van der Waals surface area (Å²) in [5.74, 6) is 0.563. The number of aromatic nitrogens is 4. The third-order valence-electron chi connectivity index (χ3n) is 2.82. The highest BCUT2D eigenvalue weighted by atomic mass is 32.1. The van der Waals surface area contributed by atoms with Crippen LogP contribution in [0.4, 0.5) is 10.5 Å². The quantitative estimate of drug-likeness (QED) is 0.774. The molecule has 0 radical (unpaired) electrons. The van der Waals surface area contributed by atoms with Gasteiger partial charge in [-0.3, -0.25) is 0 Å². The Hall–Kier alpha value is -2.74. The van der Waals surface area contributed by atoms with Crippen LogP contribution in [-0.2, 0) is 6.54 Å². The number of rotatable bonds is 4. The van der Waals surface area contributed by atoms with Crippen molar-refractivity contribution in [3.63, 3.8) is 0 Å². The average molecular weight is 314 g/mol. The van der Waals surface area contributed by atoms with Crippen molar-refractivity contribution in [2.45, 2.75) is 13.5 Å². The van der Waals surface area contributed by atoms with Gasteiger partial charge in [-0.15, -0.1) is 11.3 Å². The number of carbonyl (C=O) groups is 1. The Morgan fingerprint density at radius 1 is 1.36 bits per heavy atom. The van der Waals surface area contributed by atoms with Crippen LogP contribution in [0.2, 0.25) is 0 Å². The van der Waals surface area contributed by atoms with Crippen molar-refractivity contribution in [1.29, 1.82) is 0 Å². The van der Waals surface area contributed by atoms with Crippen LogP contribution in [0.25, 0.3) is 5.82 Å². The fourth-order valence-electron chi connectivity index (χ4n) is 1.88. The third kappa shape index (κ3) is 3.29. The topological polar surface area (TPSA) is 84.7 Å². The largest absolute Gasteiger partial charge is 0.331 e. The number of hydrogen-bond acceptors (Lipinski definition) is 5. The minimum Gasteiger partial charge on any atom is -0.331 e. The van der Waals surface area contributed by atoms with E-state index in [9.17, 15) is 4.79 Å². The second-order valence-electron chi connectivity index (χ2n) is 4.52. The summed E-state index contributed by atoms with van der Waals surface area (Å²) in [5, 5.41) is 12.5. The minimum absolute atomic E-state index is 0.311. The maximum atomic E-state index is 12.0. The van der Waals surface area contributed by atoms with E-state index in [4.69, 9.17) is 0 Å². The standard InChI is InChI=1S/C14H14N6OS/c1-10-9-22-12(18-10)8-16-14(21)19-11-4-2-5-15-13(11)20-7-3-6-17-20/h2-7,9H,8H2,1H3,(H2,16,19,21). The summed E-state index contributed by atoms with van der Waals surface area (Å²) in [6, 6.07) is 5.02. The molecule has 0 saturated heterocycles. The summed E-state index contributed by atoms with van der Waals surface area (Å²) in [4.78, 5) is 20.6. The highest BCUT2D eigenvalue weighted by Crippen LogP contribution is 2.16. The van der Waals surface area contributed by atoms with E-state index in [1.165, 1.54) is 11.3 Å². The lowest BCUT2D eigenvalue weighted by atomic mass is 10.4. The number of hydrogen-bond donors (Lipinski definition) is 2. The van der Waals surface area contributed by atoms with Crippen LogP contribution >= 0.6 is 11.3 Å². The lowest BCUT2D eigenvalue weighted by Gasteiger charge is -2.10. The van der Waals surface area contributed by atoms with Crippen LogP contribution < -0.4 is 10.6 Å². The monoisotopic (exact) mass is 314 g/mol. The van der Waals surface area contributed by atoms with Crippen molar-refractivity contribution in [2.75, 3.05) is 5.32 Å². The van der Waals surface area contributed by atoms with Crippen molar-refractivity contribution in [3.05, 3.63) is 52.9 Å². The van der Waals surface area contributed by atoms with Gasteiger partial charge < -0.3 is 10.6 Å². The number of carbonyl (C=O) groups excluding carboxylic acids is 1. The van der Waals surface area contributed by atoms with Gasteiger partial charge in [-0.25, -0.2) is 19.4 Å². The molecule has 3 heterocycles. The molecule has 0 aromatic carbocycles. The first-order valence-corrected chi connectivity index (χ1v) is 7.51. The van der Waals surface area contributed by atoms with Crippen LogP contribution in [0.1, 0.15) is 10.7 Å². The molecule has 0 aliphatic carbocycles. The highest BCUT2D eigenvalue weighted by Gasteiger charge is 2.09. The third-order valence-corrected chi connectivity index (χ3v) is 3.79. The van der Waals surface area contributed by atoms with Crippen molar-refractivity contribution in [3.8, 4) is 5.82 Å². The summed E-state index contributed by atoms with van der Waals surface area (Å²) in [7, 11) is 0. The second-order valence-corrected chi connectivity index (χ2v) is 5.46. The Kier molecular flexibility index (Phi) is 4.10. The molecule has 0 bridgehead atoms. The van der Waals surface area contributed by atoms with E-state index in [0.29, 0.717) is 18.1 Å². The molecule has 3 rings (SSSR count). The van der Waals surface area contributed by atoms with E-state index in [1.54, 1.807) is 41.5 Å². The molecule has 0 fully saturated rings. The van der Waals surface area contributed by atoms with Crippen molar-refractivity contribution in [1.82, 2.24) is 25.1 Å². The van der Waals surface area contributed by atoms with Gasteiger partial charge in [0.15, 0.2) is 5.82 Å². The molecule has 22 heavy (non-hydrogen) atoms. The van der Waals surface area contributed by atoms with Crippen molar-refractivity contribution < 1.29 is 4.79 Å². The number of pyridine rings is 1. The molecule has 7 nitrogen and oxygen atoms in total. The zero-order chi connectivity index (χ0) is 15.4. The van der Waals surface area contributed by atoms with E-state index in [-0.39, 0.29) is 6.03 Å². The van der Waals surface area contributed by atoms with Gasteiger partial charge >= 0.3 is 6.03 Å². The molecule has 0 aliphatic heterocycles. The molecule has 3 aromatic rings. The van der Waals surface area contributed by atoms with E-state index in [2.05, 4.69) is 25.7 Å². The van der Waals surface area contributed by atoms with E-state index in [1.807, 2.05) is 12.3 Å². The van der Waals surface area contributed by atoms with Gasteiger partial charge in [-0.2, -0.15) is 5.10 Å². The van der Waals surface area contributed by atoms with Gasteiger partial charge in [0.25, 0.3) is 0 Å². The smallest absolute Gasteiger partial charge is 0.319 e. The fraction of sp³-hybridized carbons (Fsp3) is 0.143. The number of aryl methyl sites for hydroxylation is 1. The first-order valence-electron chi connectivity index (χ1n) is 6.63. The minimum atomic E-state index is -0.311. The number of amides is 2. The van der Waals surface area contributed by atoms with Gasteiger partial charge in [0.05, 0.1) is 12.2 Å². The maximum Gasteiger partial charge on any atom is 0.319 e. The molecule has 0 spiro atoms. The number of anilines is 1. The van der Waals surface area contributed by atoms with Crippen LogP contribution in [0.15, 0.2) is 42.2 Å². The van der Waals surface area contributed by atoms with Crippen LogP contribution in [0.5, 0.6) is 0 Å².